The van der Waals surface area contributed by atoms with Crippen LogP contribution in [0.5, 0.6) is 0 Å². The fourth-order valence-electron chi connectivity index (χ4n) is 3.80. The third-order valence-electron chi connectivity index (χ3n) is 5.34. The highest BCUT2D eigenvalue weighted by Crippen LogP contribution is 2.24. The van der Waals surface area contributed by atoms with Gasteiger partial charge in [0, 0.05) is 44.6 Å². The molecule has 4 rings (SSSR count). The molecule has 1 aromatic carbocycles. The molecule has 1 saturated heterocycles. The van der Waals surface area contributed by atoms with Gasteiger partial charge in [-0.05, 0) is 42.7 Å². The molecule has 3 aromatic rings. The van der Waals surface area contributed by atoms with Crippen molar-refractivity contribution in [1.29, 1.82) is 0 Å². The smallest absolute Gasteiger partial charge is 0.227 e. The van der Waals surface area contributed by atoms with Gasteiger partial charge in [-0.2, -0.15) is 0 Å². The van der Waals surface area contributed by atoms with Crippen molar-refractivity contribution in [2.24, 2.45) is 5.92 Å². The van der Waals surface area contributed by atoms with Gasteiger partial charge in [0.2, 0.25) is 5.91 Å². The summed E-state index contributed by atoms with van der Waals surface area (Å²) in [5.74, 6) is 0.997. The quantitative estimate of drug-likeness (QED) is 0.671. The Kier molecular flexibility index (Phi) is 5.79. The van der Waals surface area contributed by atoms with E-state index in [0.29, 0.717) is 13.1 Å². The van der Waals surface area contributed by atoms with Crippen LogP contribution in [0.15, 0.2) is 67.0 Å². The van der Waals surface area contributed by atoms with Gasteiger partial charge in [0.05, 0.1) is 11.6 Å². The molecule has 1 atom stereocenters. The zero-order valence-corrected chi connectivity index (χ0v) is 16.6. The molecule has 1 aliphatic heterocycles. The van der Waals surface area contributed by atoms with E-state index in [1.807, 2.05) is 54.4 Å². The van der Waals surface area contributed by atoms with Gasteiger partial charge in [-0.1, -0.05) is 30.3 Å². The average molecular weight is 387 g/mol. The summed E-state index contributed by atoms with van der Waals surface area (Å²) < 4.78 is 0. The third-order valence-corrected chi connectivity index (χ3v) is 5.34. The fraction of sp³-hybridized carbons (Fsp3) is 0.304. The Morgan fingerprint density at radius 3 is 2.69 bits per heavy atom. The van der Waals surface area contributed by atoms with Crippen LogP contribution in [-0.4, -0.2) is 46.1 Å². The molecule has 29 heavy (non-hydrogen) atoms. The maximum atomic E-state index is 13.0. The molecule has 0 aliphatic carbocycles. The molecular formula is C23H25N5O. The number of pyridine rings is 1. The van der Waals surface area contributed by atoms with Crippen molar-refractivity contribution in [3.05, 3.63) is 72.6 Å². The maximum Gasteiger partial charge on any atom is 0.227 e. The number of rotatable bonds is 5. The molecule has 1 amide bonds. The van der Waals surface area contributed by atoms with Gasteiger partial charge in [-0.15, -0.1) is 10.2 Å². The normalized spacial score (nSPS) is 16.4. The van der Waals surface area contributed by atoms with E-state index in [-0.39, 0.29) is 11.8 Å². The van der Waals surface area contributed by atoms with Crippen LogP contribution in [0.25, 0.3) is 11.3 Å². The lowest BCUT2D eigenvalue weighted by molar-refractivity contribution is -0.135. The molecule has 3 heterocycles. The van der Waals surface area contributed by atoms with E-state index in [1.165, 1.54) is 0 Å². The first-order chi connectivity index (χ1) is 14.2. The van der Waals surface area contributed by atoms with Crippen molar-refractivity contribution >= 4 is 11.7 Å². The first kappa shape index (κ1) is 19.1. The van der Waals surface area contributed by atoms with E-state index >= 15 is 0 Å². The summed E-state index contributed by atoms with van der Waals surface area (Å²) >= 11 is 0. The number of anilines is 1. The second kappa shape index (κ2) is 8.82. The molecule has 2 aromatic heterocycles. The first-order valence-electron chi connectivity index (χ1n) is 9.98. The number of hydrogen-bond donors (Lipinski definition) is 0. The Bertz CT molecular complexity index is 931. The standard InChI is InChI=1S/C23H25N5O/c1-27(16-18-7-3-2-4-8-18)23(29)20-10-6-14-28(17-20)22-12-11-21(25-26-22)19-9-5-13-24-15-19/h2-5,7-9,11-13,15,20H,6,10,14,16-17H2,1H3. The highest BCUT2D eigenvalue weighted by Gasteiger charge is 2.28. The van der Waals surface area contributed by atoms with Crippen LogP contribution in [0.2, 0.25) is 0 Å². The number of piperidine rings is 1. The number of amides is 1. The summed E-state index contributed by atoms with van der Waals surface area (Å²) in [6.45, 7) is 2.21. The predicted molar refractivity (Wildman–Crippen MR) is 113 cm³/mol. The van der Waals surface area contributed by atoms with Crippen molar-refractivity contribution in [2.45, 2.75) is 19.4 Å². The van der Waals surface area contributed by atoms with Crippen LogP contribution in [0.1, 0.15) is 18.4 Å². The molecule has 6 heteroatoms. The summed E-state index contributed by atoms with van der Waals surface area (Å²) in [5, 5.41) is 8.77. The summed E-state index contributed by atoms with van der Waals surface area (Å²) in [6, 6.07) is 17.9. The number of carbonyl (C=O) groups is 1. The largest absolute Gasteiger partial charge is 0.354 e. The second-order valence-corrected chi connectivity index (χ2v) is 7.48. The van der Waals surface area contributed by atoms with E-state index in [1.54, 1.807) is 12.4 Å². The van der Waals surface area contributed by atoms with Crippen LogP contribution in [-0.2, 0) is 11.3 Å². The molecule has 0 spiro atoms. The number of carbonyl (C=O) groups excluding carboxylic acids is 1. The molecule has 0 radical (unpaired) electrons. The van der Waals surface area contributed by atoms with E-state index in [9.17, 15) is 4.79 Å². The zero-order valence-electron chi connectivity index (χ0n) is 16.6. The van der Waals surface area contributed by atoms with Crippen LogP contribution in [0, 0.1) is 5.92 Å². The minimum atomic E-state index is -0.0164. The minimum absolute atomic E-state index is 0.0164. The van der Waals surface area contributed by atoms with Crippen LogP contribution in [0.3, 0.4) is 0 Å². The van der Waals surface area contributed by atoms with Crippen LogP contribution < -0.4 is 4.90 Å². The van der Waals surface area contributed by atoms with Crippen molar-refractivity contribution in [3.8, 4) is 11.3 Å². The Morgan fingerprint density at radius 2 is 1.97 bits per heavy atom. The fourth-order valence-corrected chi connectivity index (χ4v) is 3.80. The van der Waals surface area contributed by atoms with Crippen LogP contribution >= 0.6 is 0 Å². The van der Waals surface area contributed by atoms with Crippen molar-refractivity contribution in [3.63, 3.8) is 0 Å². The molecule has 1 fully saturated rings. The number of hydrogen-bond acceptors (Lipinski definition) is 5. The Labute approximate surface area is 171 Å². The summed E-state index contributed by atoms with van der Waals surface area (Å²) in [7, 11) is 1.89. The first-order valence-corrected chi connectivity index (χ1v) is 9.98. The lowest BCUT2D eigenvalue weighted by Crippen LogP contribution is -2.43. The van der Waals surface area contributed by atoms with Gasteiger partial charge in [-0.3, -0.25) is 9.78 Å². The van der Waals surface area contributed by atoms with Gasteiger partial charge in [0.15, 0.2) is 5.82 Å². The Balaban J connectivity index is 1.40. The van der Waals surface area contributed by atoms with Crippen molar-refractivity contribution < 1.29 is 4.79 Å². The van der Waals surface area contributed by atoms with E-state index in [2.05, 4.69) is 32.2 Å². The van der Waals surface area contributed by atoms with Gasteiger partial charge >= 0.3 is 0 Å². The highest BCUT2D eigenvalue weighted by atomic mass is 16.2. The molecule has 1 unspecified atom stereocenters. The number of nitrogens with zero attached hydrogens (tertiary/aromatic N) is 5. The SMILES string of the molecule is CN(Cc1ccccc1)C(=O)C1CCCN(c2ccc(-c3cccnc3)nn2)C1. The molecule has 6 nitrogen and oxygen atoms in total. The van der Waals surface area contributed by atoms with Gasteiger partial charge < -0.3 is 9.80 Å². The summed E-state index contributed by atoms with van der Waals surface area (Å²) in [6.07, 6.45) is 5.41. The molecule has 0 bridgehead atoms. The predicted octanol–water partition coefficient (Wildman–Crippen LogP) is 3.41. The Morgan fingerprint density at radius 1 is 1.10 bits per heavy atom. The van der Waals surface area contributed by atoms with E-state index < -0.39 is 0 Å². The summed E-state index contributed by atoms with van der Waals surface area (Å²) in [4.78, 5) is 21.1. The number of benzene rings is 1. The van der Waals surface area contributed by atoms with Crippen molar-refractivity contribution in [1.82, 2.24) is 20.1 Å². The second-order valence-electron chi connectivity index (χ2n) is 7.48. The highest BCUT2D eigenvalue weighted by molar-refractivity contribution is 5.79. The van der Waals surface area contributed by atoms with Gasteiger partial charge in [0.1, 0.15) is 0 Å². The monoisotopic (exact) mass is 387 g/mol. The molecular weight excluding hydrogens is 362 g/mol. The zero-order chi connectivity index (χ0) is 20.1. The van der Waals surface area contributed by atoms with Gasteiger partial charge in [0.25, 0.3) is 0 Å². The molecule has 1 aliphatic rings. The minimum Gasteiger partial charge on any atom is -0.354 e. The molecule has 0 saturated carbocycles. The third kappa shape index (κ3) is 4.59. The lowest BCUT2D eigenvalue weighted by Gasteiger charge is -2.34. The Hall–Kier alpha value is -3.28. The lowest BCUT2D eigenvalue weighted by atomic mass is 9.96. The van der Waals surface area contributed by atoms with Crippen LogP contribution in [0.4, 0.5) is 5.82 Å². The molecule has 148 valence electrons. The average Bonchev–Trinajstić information content (AvgIpc) is 2.80. The van der Waals surface area contributed by atoms with E-state index in [0.717, 1.165) is 42.0 Å². The van der Waals surface area contributed by atoms with Gasteiger partial charge in [-0.25, -0.2) is 0 Å². The topological polar surface area (TPSA) is 62.2 Å². The molecule has 0 N–H and O–H groups in total. The van der Waals surface area contributed by atoms with E-state index in [4.69, 9.17) is 0 Å². The number of aromatic nitrogens is 3. The maximum absolute atomic E-state index is 13.0. The van der Waals surface area contributed by atoms with Crippen molar-refractivity contribution in [2.75, 3.05) is 25.0 Å². The summed E-state index contributed by atoms with van der Waals surface area (Å²) in [5.41, 5.74) is 2.89.